The van der Waals surface area contributed by atoms with Gasteiger partial charge in [-0.15, -0.1) is 0 Å². The number of nitrogens with two attached hydrogens (primary N) is 2. The lowest BCUT2D eigenvalue weighted by atomic mass is 9.97. The van der Waals surface area contributed by atoms with E-state index in [1.807, 2.05) is 18.2 Å². The molecule has 4 N–H and O–H groups in total. The summed E-state index contributed by atoms with van der Waals surface area (Å²) in [5, 5.41) is 0. The molecule has 0 fully saturated rings. The maximum atomic E-state index is 6.08. The summed E-state index contributed by atoms with van der Waals surface area (Å²) in [6.07, 6.45) is 0.804. The summed E-state index contributed by atoms with van der Waals surface area (Å²) in [5.74, 6) is 0. The van der Waals surface area contributed by atoms with Crippen LogP contribution in [-0.4, -0.2) is 0 Å². The van der Waals surface area contributed by atoms with Gasteiger partial charge in [0.25, 0.3) is 0 Å². The standard InChI is InChI=1S/C26H24N2/c1-18-2-6-20(7-3-18)22-10-12-23(13-11-22)21-8-4-19(5-9-21)16-24-14-15-25(27)17-26(24)28/h2-15,17H,16,27-28H2,1H3. The fourth-order valence-corrected chi connectivity index (χ4v) is 3.41. The number of hydrogen-bond donors (Lipinski definition) is 2. The first-order valence-electron chi connectivity index (χ1n) is 9.49. The third kappa shape index (κ3) is 3.91. The SMILES string of the molecule is Cc1ccc(-c2ccc(-c3ccc(Cc4ccc(N)cc4N)cc3)cc2)cc1. The molecule has 4 aromatic rings. The van der Waals surface area contributed by atoms with E-state index in [1.54, 1.807) is 0 Å². The molecule has 4 rings (SSSR count). The smallest absolute Gasteiger partial charge is 0.0370 e. The van der Waals surface area contributed by atoms with Crippen LogP contribution in [0.2, 0.25) is 0 Å². The van der Waals surface area contributed by atoms with Gasteiger partial charge in [0, 0.05) is 11.4 Å². The molecule has 2 nitrogen and oxygen atoms in total. The minimum absolute atomic E-state index is 0.700. The molecule has 0 amide bonds. The molecule has 2 heteroatoms. The van der Waals surface area contributed by atoms with Gasteiger partial charge in [-0.25, -0.2) is 0 Å². The summed E-state index contributed by atoms with van der Waals surface area (Å²) < 4.78 is 0. The van der Waals surface area contributed by atoms with Gasteiger partial charge in [0.05, 0.1) is 0 Å². The normalized spacial score (nSPS) is 10.8. The molecule has 0 heterocycles. The minimum atomic E-state index is 0.700. The Morgan fingerprint density at radius 3 is 1.54 bits per heavy atom. The monoisotopic (exact) mass is 364 g/mol. The second kappa shape index (κ2) is 7.61. The lowest BCUT2D eigenvalue weighted by molar-refractivity contribution is 1.20. The van der Waals surface area contributed by atoms with Crippen LogP contribution in [0.15, 0.2) is 91.0 Å². The third-order valence-corrected chi connectivity index (χ3v) is 5.12. The first kappa shape index (κ1) is 17.9. The molecule has 0 bridgehead atoms. The van der Waals surface area contributed by atoms with Crippen molar-refractivity contribution in [2.45, 2.75) is 13.3 Å². The minimum Gasteiger partial charge on any atom is -0.399 e. The van der Waals surface area contributed by atoms with E-state index in [0.717, 1.165) is 17.7 Å². The predicted octanol–water partition coefficient (Wildman–Crippen LogP) is 6.08. The van der Waals surface area contributed by atoms with Gasteiger partial charge in [0.2, 0.25) is 0 Å². The zero-order valence-corrected chi connectivity index (χ0v) is 16.0. The fourth-order valence-electron chi connectivity index (χ4n) is 3.41. The maximum absolute atomic E-state index is 6.08. The van der Waals surface area contributed by atoms with E-state index in [2.05, 4.69) is 79.7 Å². The van der Waals surface area contributed by atoms with Gasteiger partial charge in [-0.1, -0.05) is 84.4 Å². The Balaban J connectivity index is 1.51. The molecule has 4 aromatic carbocycles. The van der Waals surface area contributed by atoms with Crippen molar-refractivity contribution in [3.63, 3.8) is 0 Å². The Labute approximate surface area is 166 Å². The first-order valence-corrected chi connectivity index (χ1v) is 9.49. The second-order valence-corrected chi connectivity index (χ2v) is 7.28. The summed E-state index contributed by atoms with van der Waals surface area (Å²) in [5.41, 5.74) is 21.8. The molecule has 138 valence electrons. The topological polar surface area (TPSA) is 52.0 Å². The highest BCUT2D eigenvalue weighted by Crippen LogP contribution is 2.26. The van der Waals surface area contributed by atoms with Crippen molar-refractivity contribution in [2.24, 2.45) is 0 Å². The molecular formula is C26H24N2. The number of benzene rings is 4. The van der Waals surface area contributed by atoms with Crippen LogP contribution in [0, 0.1) is 6.92 Å². The van der Waals surface area contributed by atoms with Crippen molar-refractivity contribution in [3.05, 3.63) is 108 Å². The highest BCUT2D eigenvalue weighted by molar-refractivity contribution is 5.70. The largest absolute Gasteiger partial charge is 0.399 e. The van der Waals surface area contributed by atoms with Crippen LogP contribution in [0.4, 0.5) is 11.4 Å². The van der Waals surface area contributed by atoms with Crippen molar-refractivity contribution >= 4 is 11.4 Å². The lowest BCUT2D eigenvalue weighted by Gasteiger charge is -2.09. The molecule has 28 heavy (non-hydrogen) atoms. The van der Waals surface area contributed by atoms with Gasteiger partial charge >= 0.3 is 0 Å². The van der Waals surface area contributed by atoms with Crippen molar-refractivity contribution in [1.29, 1.82) is 0 Å². The highest BCUT2D eigenvalue weighted by atomic mass is 14.6. The highest BCUT2D eigenvalue weighted by Gasteiger charge is 2.04. The van der Waals surface area contributed by atoms with E-state index >= 15 is 0 Å². The van der Waals surface area contributed by atoms with Gasteiger partial charge in [-0.05, 0) is 58.9 Å². The predicted molar refractivity (Wildman–Crippen MR) is 120 cm³/mol. The van der Waals surface area contributed by atoms with Crippen LogP contribution in [0.3, 0.4) is 0 Å². The number of rotatable bonds is 4. The van der Waals surface area contributed by atoms with Gasteiger partial charge < -0.3 is 11.5 Å². The molecule has 0 aliphatic carbocycles. The zero-order chi connectivity index (χ0) is 19.5. The van der Waals surface area contributed by atoms with Crippen LogP contribution < -0.4 is 11.5 Å². The first-order chi connectivity index (χ1) is 13.6. The zero-order valence-electron chi connectivity index (χ0n) is 16.0. The van der Waals surface area contributed by atoms with Crippen LogP contribution in [-0.2, 0) is 6.42 Å². The van der Waals surface area contributed by atoms with Crippen molar-refractivity contribution in [1.82, 2.24) is 0 Å². The molecule has 0 aliphatic rings. The summed E-state index contributed by atoms with van der Waals surface area (Å²) >= 11 is 0. The second-order valence-electron chi connectivity index (χ2n) is 7.28. The van der Waals surface area contributed by atoms with E-state index in [1.165, 1.54) is 33.4 Å². The summed E-state index contributed by atoms with van der Waals surface area (Å²) in [6, 6.07) is 31.8. The Morgan fingerprint density at radius 1 is 0.571 bits per heavy atom. The third-order valence-electron chi connectivity index (χ3n) is 5.12. The Morgan fingerprint density at radius 2 is 1.04 bits per heavy atom. The van der Waals surface area contributed by atoms with E-state index in [0.29, 0.717) is 5.69 Å². The van der Waals surface area contributed by atoms with E-state index in [4.69, 9.17) is 11.5 Å². The number of nitrogen functional groups attached to an aromatic ring is 2. The Bertz CT molecular complexity index is 1080. The van der Waals surface area contributed by atoms with Gasteiger partial charge in [0.1, 0.15) is 0 Å². The average molecular weight is 364 g/mol. The molecule has 0 aliphatic heterocycles. The van der Waals surface area contributed by atoms with E-state index < -0.39 is 0 Å². The molecular weight excluding hydrogens is 340 g/mol. The average Bonchev–Trinajstić information content (AvgIpc) is 2.71. The number of aryl methyl sites for hydroxylation is 1. The van der Waals surface area contributed by atoms with Crippen LogP contribution in [0.1, 0.15) is 16.7 Å². The fraction of sp³-hybridized carbons (Fsp3) is 0.0769. The summed E-state index contributed by atoms with van der Waals surface area (Å²) in [4.78, 5) is 0. The van der Waals surface area contributed by atoms with Crippen LogP contribution >= 0.6 is 0 Å². The van der Waals surface area contributed by atoms with Crippen LogP contribution in [0.5, 0.6) is 0 Å². The van der Waals surface area contributed by atoms with Crippen molar-refractivity contribution in [2.75, 3.05) is 11.5 Å². The molecule has 0 atom stereocenters. The number of anilines is 2. The quantitative estimate of drug-likeness (QED) is 0.431. The van der Waals surface area contributed by atoms with E-state index in [-0.39, 0.29) is 0 Å². The molecule has 0 spiro atoms. The van der Waals surface area contributed by atoms with Gasteiger partial charge in [-0.2, -0.15) is 0 Å². The molecule has 0 saturated heterocycles. The molecule has 0 saturated carbocycles. The summed E-state index contributed by atoms with van der Waals surface area (Å²) in [6.45, 7) is 2.11. The lowest BCUT2D eigenvalue weighted by Crippen LogP contribution is -1.97. The summed E-state index contributed by atoms with van der Waals surface area (Å²) in [7, 11) is 0. The van der Waals surface area contributed by atoms with Crippen LogP contribution in [0.25, 0.3) is 22.3 Å². The van der Waals surface area contributed by atoms with Gasteiger partial charge in [0.15, 0.2) is 0 Å². The van der Waals surface area contributed by atoms with E-state index in [9.17, 15) is 0 Å². The Hall–Kier alpha value is -3.52. The number of hydrogen-bond acceptors (Lipinski definition) is 2. The van der Waals surface area contributed by atoms with Crippen molar-refractivity contribution < 1.29 is 0 Å². The molecule has 0 aromatic heterocycles. The Kier molecular flexibility index (Phi) is 4.86. The molecule has 0 unspecified atom stereocenters. The maximum Gasteiger partial charge on any atom is 0.0370 e. The molecule has 0 radical (unpaired) electrons. The van der Waals surface area contributed by atoms with Crippen molar-refractivity contribution in [3.8, 4) is 22.3 Å². The van der Waals surface area contributed by atoms with Gasteiger partial charge in [-0.3, -0.25) is 0 Å².